The lowest BCUT2D eigenvalue weighted by Gasteiger charge is -2.59. The number of anilines is 4. The number of hydrogen-bond donors (Lipinski definition) is 0. The fourth-order valence-corrected chi connectivity index (χ4v) is 5.72. The summed E-state index contributed by atoms with van der Waals surface area (Å²) in [4.78, 5) is 9.89. The molecule has 148 valence electrons. The van der Waals surface area contributed by atoms with E-state index in [0.29, 0.717) is 0 Å². The van der Waals surface area contributed by atoms with Crippen LogP contribution in [0.4, 0.5) is 22.9 Å². The molecule has 0 bridgehead atoms. The predicted molar refractivity (Wildman–Crippen MR) is 121 cm³/mol. The Balaban J connectivity index is 1.86. The van der Waals surface area contributed by atoms with Gasteiger partial charge in [-0.05, 0) is 48.7 Å². The van der Waals surface area contributed by atoms with E-state index in [1.165, 1.54) is 22.6 Å². The minimum Gasteiger partial charge on any atom is -0.316 e. The van der Waals surface area contributed by atoms with Crippen molar-refractivity contribution in [2.45, 2.75) is 52.1 Å². The van der Waals surface area contributed by atoms with Gasteiger partial charge < -0.3 is 9.80 Å². The highest BCUT2D eigenvalue weighted by Crippen LogP contribution is 2.63. The van der Waals surface area contributed by atoms with Crippen LogP contribution in [0.25, 0.3) is 0 Å². The topological polar surface area (TPSA) is 19.4 Å². The normalized spacial score (nSPS) is 27.4. The van der Waals surface area contributed by atoms with Gasteiger partial charge in [-0.25, -0.2) is 4.98 Å². The fourth-order valence-electron chi connectivity index (χ4n) is 5.72. The smallest absolute Gasteiger partial charge is 0.158 e. The van der Waals surface area contributed by atoms with Crippen molar-refractivity contribution in [1.82, 2.24) is 4.98 Å². The molecule has 0 N–H and O–H groups in total. The first-order chi connectivity index (χ1) is 14.1. The fraction of sp³-hybridized carbons (Fsp3) is 0.346. The lowest BCUT2D eigenvalue weighted by Crippen LogP contribution is -2.62. The van der Waals surface area contributed by atoms with Gasteiger partial charge in [-0.1, -0.05) is 64.1 Å². The van der Waals surface area contributed by atoms with Crippen molar-refractivity contribution in [1.29, 1.82) is 0 Å². The molecule has 3 unspecified atom stereocenters. The molecule has 2 aromatic carbocycles. The lowest BCUT2D eigenvalue weighted by molar-refractivity contribution is 0.0965. The van der Waals surface area contributed by atoms with Crippen LogP contribution in [0.1, 0.15) is 46.1 Å². The Morgan fingerprint density at radius 2 is 1.48 bits per heavy atom. The van der Waals surface area contributed by atoms with E-state index < -0.39 is 0 Å². The van der Waals surface area contributed by atoms with Crippen molar-refractivity contribution in [3.05, 3.63) is 78.5 Å². The third-order valence-electron chi connectivity index (χ3n) is 7.81. The minimum absolute atomic E-state index is 0.0344. The molecule has 29 heavy (non-hydrogen) atoms. The number of aromatic nitrogens is 1. The third-order valence-corrected chi connectivity index (χ3v) is 7.81. The van der Waals surface area contributed by atoms with Crippen LogP contribution < -0.4 is 9.80 Å². The maximum absolute atomic E-state index is 4.87. The average Bonchev–Trinajstić information content (AvgIpc) is 3.14. The van der Waals surface area contributed by atoms with E-state index in [-0.39, 0.29) is 17.0 Å². The van der Waals surface area contributed by atoms with Crippen LogP contribution in [0.2, 0.25) is 0 Å². The molecule has 0 saturated heterocycles. The van der Waals surface area contributed by atoms with Crippen LogP contribution in [-0.4, -0.2) is 11.1 Å². The summed E-state index contributed by atoms with van der Waals surface area (Å²) >= 11 is 0. The third kappa shape index (κ3) is 2.22. The summed E-state index contributed by atoms with van der Waals surface area (Å²) in [5.74, 6) is 1.05. The number of rotatable bonds is 3. The summed E-state index contributed by atoms with van der Waals surface area (Å²) in [5.41, 5.74) is 5.28. The second-order valence-corrected chi connectivity index (χ2v) is 8.77. The Morgan fingerprint density at radius 3 is 2.21 bits per heavy atom. The van der Waals surface area contributed by atoms with Crippen molar-refractivity contribution in [3.63, 3.8) is 0 Å². The maximum atomic E-state index is 4.87. The monoisotopic (exact) mass is 383 g/mol. The highest BCUT2D eigenvalue weighted by molar-refractivity contribution is 5.88. The molecule has 5 rings (SSSR count). The van der Waals surface area contributed by atoms with Gasteiger partial charge in [0.1, 0.15) is 6.17 Å². The Kier molecular flexibility index (Phi) is 3.99. The zero-order chi connectivity index (χ0) is 20.2. The molecule has 1 aromatic heterocycles. The van der Waals surface area contributed by atoms with Crippen LogP contribution in [-0.2, 0) is 5.41 Å². The van der Waals surface area contributed by atoms with E-state index in [4.69, 9.17) is 4.98 Å². The maximum Gasteiger partial charge on any atom is 0.158 e. The van der Waals surface area contributed by atoms with E-state index in [1.807, 2.05) is 6.20 Å². The van der Waals surface area contributed by atoms with Crippen molar-refractivity contribution in [2.24, 2.45) is 5.41 Å². The molecule has 0 aliphatic carbocycles. The number of para-hydroxylation sites is 2. The van der Waals surface area contributed by atoms with Gasteiger partial charge in [-0.15, -0.1) is 0 Å². The zero-order valence-electron chi connectivity index (χ0n) is 17.8. The second-order valence-electron chi connectivity index (χ2n) is 8.77. The van der Waals surface area contributed by atoms with Gasteiger partial charge in [-0.2, -0.15) is 0 Å². The van der Waals surface area contributed by atoms with Crippen molar-refractivity contribution >= 4 is 22.9 Å². The Bertz CT molecular complexity index is 1050. The number of hydrogen-bond acceptors (Lipinski definition) is 3. The Hall–Kier alpha value is -2.81. The van der Waals surface area contributed by atoms with E-state index in [1.54, 1.807) is 0 Å². The quantitative estimate of drug-likeness (QED) is 0.496. The summed E-state index contributed by atoms with van der Waals surface area (Å²) in [6.45, 7) is 9.63. The van der Waals surface area contributed by atoms with E-state index >= 15 is 0 Å². The van der Waals surface area contributed by atoms with Gasteiger partial charge in [0, 0.05) is 28.4 Å². The van der Waals surface area contributed by atoms with Crippen LogP contribution in [0.3, 0.4) is 0 Å². The van der Waals surface area contributed by atoms with Crippen LogP contribution in [0.5, 0.6) is 0 Å². The summed E-state index contributed by atoms with van der Waals surface area (Å²) in [6, 6.07) is 24.0. The van der Waals surface area contributed by atoms with Gasteiger partial charge in [0.25, 0.3) is 0 Å². The van der Waals surface area contributed by atoms with E-state index in [9.17, 15) is 0 Å². The molecule has 3 atom stereocenters. The first-order valence-corrected chi connectivity index (χ1v) is 10.7. The van der Waals surface area contributed by atoms with E-state index in [2.05, 4.69) is 104 Å². The summed E-state index contributed by atoms with van der Waals surface area (Å²) in [7, 11) is 0. The molecular formula is C26H29N3. The van der Waals surface area contributed by atoms with Crippen LogP contribution >= 0.6 is 0 Å². The summed E-state index contributed by atoms with van der Waals surface area (Å²) in [5, 5.41) is 0. The average molecular weight is 384 g/mol. The summed E-state index contributed by atoms with van der Waals surface area (Å²) < 4.78 is 0. The molecule has 2 aliphatic heterocycles. The molecule has 3 aromatic rings. The molecule has 2 aliphatic rings. The van der Waals surface area contributed by atoms with Gasteiger partial charge in [0.05, 0.1) is 5.69 Å². The molecule has 0 fully saturated rings. The highest BCUT2D eigenvalue weighted by Gasteiger charge is 2.60. The largest absolute Gasteiger partial charge is 0.316 e. The highest BCUT2D eigenvalue weighted by atomic mass is 15.5. The number of pyridine rings is 1. The van der Waals surface area contributed by atoms with Gasteiger partial charge in [0.2, 0.25) is 0 Å². The first-order valence-electron chi connectivity index (χ1n) is 10.7. The first kappa shape index (κ1) is 18.2. The lowest BCUT2D eigenvalue weighted by atomic mass is 9.55. The number of nitrogens with zero attached hydrogens (tertiary/aromatic N) is 3. The van der Waals surface area contributed by atoms with Crippen molar-refractivity contribution in [3.8, 4) is 0 Å². The van der Waals surface area contributed by atoms with Gasteiger partial charge >= 0.3 is 0 Å². The Morgan fingerprint density at radius 1 is 0.793 bits per heavy atom. The number of benzene rings is 2. The molecule has 0 saturated carbocycles. The molecule has 0 spiro atoms. The molecule has 3 heterocycles. The van der Waals surface area contributed by atoms with Gasteiger partial charge in [0.15, 0.2) is 5.82 Å². The SMILES string of the molecule is CCC1(C)c2ccccc2N2c3cccnc3N(c3ccccc3)C2C1(C)CC. The zero-order valence-corrected chi connectivity index (χ0v) is 17.8. The predicted octanol–water partition coefficient (Wildman–Crippen LogP) is 6.80. The summed E-state index contributed by atoms with van der Waals surface area (Å²) in [6.07, 6.45) is 4.29. The second kappa shape index (κ2) is 6.35. The van der Waals surface area contributed by atoms with E-state index in [0.717, 1.165) is 18.7 Å². The molecule has 0 amide bonds. The molecular weight excluding hydrogens is 354 g/mol. The standard InChI is InChI=1S/C26H29N3/c1-5-25(3)20-15-10-11-16-21(20)29-22-17-12-18-27-23(22)28(19-13-8-7-9-14-19)24(29)26(25,4)6-2/h7-18,24H,5-6H2,1-4H3. The molecule has 3 nitrogen and oxygen atoms in total. The molecule has 3 heteroatoms. The van der Waals surface area contributed by atoms with Crippen LogP contribution in [0, 0.1) is 5.41 Å². The number of fused-ring (bicyclic) bond motifs is 5. The van der Waals surface area contributed by atoms with Crippen LogP contribution in [0.15, 0.2) is 72.9 Å². The molecule has 0 radical (unpaired) electrons. The van der Waals surface area contributed by atoms with Gasteiger partial charge in [-0.3, -0.25) is 0 Å². The van der Waals surface area contributed by atoms with Crippen molar-refractivity contribution < 1.29 is 0 Å². The minimum atomic E-state index is 0.0344. The Labute approximate surface area is 174 Å². The van der Waals surface area contributed by atoms with Crippen molar-refractivity contribution in [2.75, 3.05) is 9.80 Å².